The number of rotatable bonds is 5. The van der Waals surface area contributed by atoms with Gasteiger partial charge < -0.3 is 5.32 Å². The van der Waals surface area contributed by atoms with Crippen molar-refractivity contribution in [1.82, 2.24) is 4.98 Å². The number of carbonyl (C=O) groups is 1. The number of benzene rings is 2. The van der Waals surface area contributed by atoms with E-state index in [1.807, 2.05) is 30.3 Å². The van der Waals surface area contributed by atoms with Crippen LogP contribution in [-0.2, 0) is 15.8 Å². The Morgan fingerprint density at radius 2 is 1.76 bits per heavy atom. The number of anilines is 1. The van der Waals surface area contributed by atoms with Crippen molar-refractivity contribution in [3.8, 4) is 10.6 Å². The van der Waals surface area contributed by atoms with E-state index in [0.29, 0.717) is 16.9 Å². The summed E-state index contributed by atoms with van der Waals surface area (Å²) in [5.41, 5.74) is 2.40. The molecule has 128 valence electrons. The van der Waals surface area contributed by atoms with E-state index in [1.165, 1.54) is 11.3 Å². The van der Waals surface area contributed by atoms with Gasteiger partial charge in [-0.2, -0.15) is 0 Å². The number of nitrogens with zero attached hydrogens (tertiary/aromatic N) is 1. The Morgan fingerprint density at radius 3 is 2.40 bits per heavy atom. The van der Waals surface area contributed by atoms with E-state index in [9.17, 15) is 13.2 Å². The molecule has 3 N–H and O–H groups in total. The van der Waals surface area contributed by atoms with E-state index in [1.54, 1.807) is 29.6 Å². The van der Waals surface area contributed by atoms with Gasteiger partial charge in [-0.05, 0) is 17.7 Å². The van der Waals surface area contributed by atoms with Crippen LogP contribution in [0.2, 0.25) is 0 Å². The third kappa shape index (κ3) is 4.72. The fourth-order valence-corrected chi connectivity index (χ4v) is 3.67. The molecule has 8 heteroatoms. The van der Waals surface area contributed by atoms with Crippen LogP contribution in [0.3, 0.4) is 0 Å². The number of thiazole rings is 1. The lowest BCUT2D eigenvalue weighted by Crippen LogP contribution is -2.15. The van der Waals surface area contributed by atoms with Crippen LogP contribution in [-0.4, -0.2) is 19.3 Å². The smallest absolute Gasteiger partial charge is 0.275 e. The summed E-state index contributed by atoms with van der Waals surface area (Å²) in [4.78, 5) is 16.6. The van der Waals surface area contributed by atoms with Crippen LogP contribution in [0.25, 0.3) is 10.6 Å². The molecule has 6 nitrogen and oxygen atoms in total. The molecule has 1 heterocycles. The van der Waals surface area contributed by atoms with Crippen LogP contribution >= 0.6 is 11.3 Å². The Labute approximate surface area is 149 Å². The summed E-state index contributed by atoms with van der Waals surface area (Å²) in [6.45, 7) is 0. The highest BCUT2D eigenvalue weighted by atomic mass is 32.2. The van der Waals surface area contributed by atoms with E-state index in [2.05, 4.69) is 10.3 Å². The molecule has 0 atom stereocenters. The first-order chi connectivity index (χ1) is 11.9. The van der Waals surface area contributed by atoms with Gasteiger partial charge in [-0.25, -0.2) is 18.5 Å². The largest absolute Gasteiger partial charge is 0.321 e. The molecular formula is C17H15N3O3S2. The number of hydrogen-bond donors (Lipinski definition) is 2. The van der Waals surface area contributed by atoms with Crippen molar-refractivity contribution in [2.45, 2.75) is 5.75 Å². The standard InChI is InChI=1S/C17H15N3O3S2/c18-25(22,23)11-12-6-8-14(9-7-12)19-16(21)15-10-24-17(20-15)13-4-2-1-3-5-13/h1-10H,11H2,(H,19,21)(H2,18,22,23). The minimum Gasteiger partial charge on any atom is -0.321 e. The summed E-state index contributed by atoms with van der Waals surface area (Å²) < 4.78 is 22.1. The zero-order chi connectivity index (χ0) is 17.9. The Morgan fingerprint density at radius 1 is 1.08 bits per heavy atom. The molecule has 0 spiro atoms. The van der Waals surface area contributed by atoms with E-state index < -0.39 is 10.0 Å². The topological polar surface area (TPSA) is 102 Å². The van der Waals surface area contributed by atoms with Crippen molar-refractivity contribution >= 4 is 33.0 Å². The van der Waals surface area contributed by atoms with Crippen LogP contribution in [0.5, 0.6) is 0 Å². The fourth-order valence-electron chi connectivity index (χ4n) is 2.20. The van der Waals surface area contributed by atoms with Gasteiger partial charge in [0.25, 0.3) is 5.91 Å². The quantitative estimate of drug-likeness (QED) is 0.718. The highest BCUT2D eigenvalue weighted by molar-refractivity contribution is 7.88. The molecule has 1 aromatic heterocycles. The molecule has 1 amide bonds. The van der Waals surface area contributed by atoms with Crippen molar-refractivity contribution in [3.05, 3.63) is 71.2 Å². The Kier molecular flexibility index (Phi) is 4.93. The summed E-state index contributed by atoms with van der Waals surface area (Å²) in [7, 11) is -3.58. The highest BCUT2D eigenvalue weighted by Crippen LogP contribution is 2.23. The molecule has 0 unspecified atom stereocenters. The van der Waals surface area contributed by atoms with E-state index in [0.717, 1.165) is 10.6 Å². The monoisotopic (exact) mass is 373 g/mol. The van der Waals surface area contributed by atoms with Crippen LogP contribution in [0.4, 0.5) is 5.69 Å². The molecule has 0 saturated carbocycles. The summed E-state index contributed by atoms with van der Waals surface area (Å²) in [5, 5.41) is 10.2. The first kappa shape index (κ1) is 17.3. The van der Waals surface area contributed by atoms with Crippen molar-refractivity contribution in [2.24, 2.45) is 5.14 Å². The Bertz CT molecular complexity index is 981. The van der Waals surface area contributed by atoms with E-state index in [-0.39, 0.29) is 11.7 Å². The maximum Gasteiger partial charge on any atom is 0.275 e. The molecular weight excluding hydrogens is 358 g/mol. The van der Waals surface area contributed by atoms with Crippen molar-refractivity contribution in [1.29, 1.82) is 0 Å². The molecule has 25 heavy (non-hydrogen) atoms. The van der Waals surface area contributed by atoms with Gasteiger partial charge in [-0.1, -0.05) is 42.5 Å². The van der Waals surface area contributed by atoms with Gasteiger partial charge in [0.15, 0.2) is 0 Å². The number of amides is 1. The minimum absolute atomic E-state index is 0.242. The second-order valence-electron chi connectivity index (χ2n) is 5.36. The Balaban J connectivity index is 1.69. The Hall–Kier alpha value is -2.55. The summed E-state index contributed by atoms with van der Waals surface area (Å²) in [5.74, 6) is -0.564. The van der Waals surface area contributed by atoms with Gasteiger partial charge in [0.05, 0.1) is 5.75 Å². The SMILES string of the molecule is NS(=O)(=O)Cc1ccc(NC(=O)c2csc(-c3ccccc3)n2)cc1. The number of carbonyl (C=O) groups excluding carboxylic acids is 1. The third-order valence-corrected chi connectivity index (χ3v) is 4.96. The van der Waals surface area contributed by atoms with Gasteiger partial charge >= 0.3 is 0 Å². The number of nitrogens with one attached hydrogen (secondary N) is 1. The first-order valence-corrected chi connectivity index (χ1v) is 9.92. The van der Waals surface area contributed by atoms with Gasteiger partial charge in [0.1, 0.15) is 10.7 Å². The van der Waals surface area contributed by atoms with Crippen LogP contribution < -0.4 is 10.5 Å². The fraction of sp³-hybridized carbons (Fsp3) is 0.0588. The lowest BCUT2D eigenvalue weighted by molar-refractivity contribution is 0.102. The van der Waals surface area contributed by atoms with Crippen molar-refractivity contribution in [3.63, 3.8) is 0 Å². The summed E-state index contributed by atoms with van der Waals surface area (Å²) in [6, 6.07) is 16.1. The second kappa shape index (κ2) is 7.14. The zero-order valence-corrected chi connectivity index (χ0v) is 14.7. The van der Waals surface area contributed by atoms with Gasteiger partial charge in [0.2, 0.25) is 10.0 Å². The van der Waals surface area contributed by atoms with Crippen molar-refractivity contribution in [2.75, 3.05) is 5.32 Å². The number of hydrogen-bond acceptors (Lipinski definition) is 5. The predicted molar refractivity (Wildman–Crippen MR) is 98.8 cm³/mol. The van der Waals surface area contributed by atoms with Crippen LogP contribution in [0.15, 0.2) is 60.0 Å². The average molecular weight is 373 g/mol. The average Bonchev–Trinajstić information content (AvgIpc) is 3.06. The summed E-state index contributed by atoms with van der Waals surface area (Å²) in [6.07, 6.45) is 0. The molecule has 0 saturated heterocycles. The lowest BCUT2D eigenvalue weighted by Gasteiger charge is -2.05. The van der Waals surface area contributed by atoms with Gasteiger partial charge in [0, 0.05) is 16.6 Å². The number of aromatic nitrogens is 1. The highest BCUT2D eigenvalue weighted by Gasteiger charge is 2.12. The van der Waals surface area contributed by atoms with Crippen LogP contribution in [0, 0.1) is 0 Å². The minimum atomic E-state index is -3.58. The molecule has 3 rings (SSSR count). The summed E-state index contributed by atoms with van der Waals surface area (Å²) >= 11 is 1.40. The molecule has 0 bridgehead atoms. The van der Waals surface area contributed by atoms with E-state index in [4.69, 9.17) is 5.14 Å². The molecule has 2 aromatic carbocycles. The molecule has 0 aliphatic rings. The van der Waals surface area contributed by atoms with E-state index >= 15 is 0 Å². The lowest BCUT2D eigenvalue weighted by atomic mass is 10.2. The maximum absolute atomic E-state index is 12.3. The molecule has 0 aliphatic heterocycles. The number of sulfonamides is 1. The van der Waals surface area contributed by atoms with Gasteiger partial charge in [-0.15, -0.1) is 11.3 Å². The molecule has 0 aliphatic carbocycles. The first-order valence-electron chi connectivity index (χ1n) is 7.32. The molecule has 3 aromatic rings. The normalized spacial score (nSPS) is 11.2. The predicted octanol–water partition coefficient (Wildman–Crippen LogP) is 2.85. The number of primary sulfonamides is 1. The number of nitrogens with two attached hydrogens (primary N) is 1. The van der Waals surface area contributed by atoms with Gasteiger partial charge in [-0.3, -0.25) is 4.79 Å². The van der Waals surface area contributed by atoms with Crippen LogP contribution in [0.1, 0.15) is 16.1 Å². The molecule has 0 radical (unpaired) electrons. The molecule has 0 fully saturated rings. The zero-order valence-electron chi connectivity index (χ0n) is 13.0. The van der Waals surface area contributed by atoms with Crippen molar-refractivity contribution < 1.29 is 13.2 Å². The third-order valence-electron chi connectivity index (χ3n) is 3.34. The maximum atomic E-state index is 12.3. The second-order valence-corrected chi connectivity index (χ2v) is 7.83.